The zero-order valence-electron chi connectivity index (χ0n) is 10.1. The molecular formula is C11H20N2O4. The summed E-state index contributed by atoms with van der Waals surface area (Å²) in [6.07, 6.45) is 0.905. The van der Waals surface area contributed by atoms with Crippen LogP contribution in [0.25, 0.3) is 0 Å². The Hall–Kier alpha value is -1.14. The first-order valence-corrected chi connectivity index (χ1v) is 5.88. The number of amides is 1. The highest BCUT2D eigenvalue weighted by Crippen LogP contribution is 2.08. The molecule has 3 N–H and O–H groups in total. The highest BCUT2D eigenvalue weighted by molar-refractivity contribution is 5.82. The Labute approximate surface area is 101 Å². The minimum atomic E-state index is -0.930. The second kappa shape index (κ2) is 6.56. The van der Waals surface area contributed by atoms with Crippen LogP contribution in [0.5, 0.6) is 0 Å². The van der Waals surface area contributed by atoms with E-state index >= 15 is 0 Å². The van der Waals surface area contributed by atoms with Gasteiger partial charge in [0, 0.05) is 26.1 Å². The van der Waals surface area contributed by atoms with Crippen LogP contribution in [0.4, 0.5) is 0 Å². The third-order valence-electron chi connectivity index (χ3n) is 2.75. The average molecular weight is 244 g/mol. The molecule has 0 saturated carbocycles. The van der Waals surface area contributed by atoms with Crippen LogP contribution in [-0.4, -0.2) is 53.7 Å². The SMILES string of the molecule is CC1CN(C(=O)C(N)CCC(=O)O)CCCO1. The largest absolute Gasteiger partial charge is 0.481 e. The summed E-state index contributed by atoms with van der Waals surface area (Å²) in [7, 11) is 0. The summed E-state index contributed by atoms with van der Waals surface area (Å²) in [4.78, 5) is 24.0. The van der Waals surface area contributed by atoms with E-state index < -0.39 is 12.0 Å². The lowest BCUT2D eigenvalue weighted by Crippen LogP contribution is -2.46. The van der Waals surface area contributed by atoms with Gasteiger partial charge in [0.05, 0.1) is 12.1 Å². The van der Waals surface area contributed by atoms with Crippen LogP contribution in [0, 0.1) is 0 Å². The molecule has 1 saturated heterocycles. The molecule has 1 aliphatic heterocycles. The van der Waals surface area contributed by atoms with E-state index in [-0.39, 0.29) is 24.9 Å². The molecule has 1 rings (SSSR count). The summed E-state index contributed by atoms with van der Waals surface area (Å²) < 4.78 is 5.43. The Balaban J connectivity index is 2.46. The van der Waals surface area contributed by atoms with Crippen LogP contribution in [0.3, 0.4) is 0 Å². The first kappa shape index (κ1) is 13.9. The van der Waals surface area contributed by atoms with E-state index in [0.29, 0.717) is 19.7 Å². The highest BCUT2D eigenvalue weighted by atomic mass is 16.5. The van der Waals surface area contributed by atoms with E-state index in [4.69, 9.17) is 15.6 Å². The molecule has 6 heteroatoms. The van der Waals surface area contributed by atoms with Gasteiger partial charge in [0.15, 0.2) is 0 Å². The van der Waals surface area contributed by atoms with E-state index in [9.17, 15) is 9.59 Å². The summed E-state index contributed by atoms with van der Waals surface area (Å²) in [5.74, 6) is -1.11. The van der Waals surface area contributed by atoms with E-state index in [1.165, 1.54) is 0 Å². The van der Waals surface area contributed by atoms with Gasteiger partial charge in [-0.2, -0.15) is 0 Å². The van der Waals surface area contributed by atoms with Crippen molar-refractivity contribution in [1.29, 1.82) is 0 Å². The normalized spacial score (nSPS) is 22.9. The molecule has 1 amide bonds. The number of hydrogen-bond acceptors (Lipinski definition) is 4. The zero-order valence-corrected chi connectivity index (χ0v) is 10.1. The van der Waals surface area contributed by atoms with E-state index in [1.54, 1.807) is 4.90 Å². The van der Waals surface area contributed by atoms with Crippen molar-refractivity contribution in [1.82, 2.24) is 4.90 Å². The van der Waals surface area contributed by atoms with Gasteiger partial charge in [-0.1, -0.05) is 0 Å². The molecule has 0 aliphatic carbocycles. The van der Waals surface area contributed by atoms with Gasteiger partial charge in [0.1, 0.15) is 0 Å². The van der Waals surface area contributed by atoms with Gasteiger partial charge in [-0.3, -0.25) is 9.59 Å². The predicted molar refractivity (Wildman–Crippen MR) is 61.5 cm³/mol. The molecule has 0 aromatic carbocycles. The topological polar surface area (TPSA) is 92.9 Å². The fraction of sp³-hybridized carbons (Fsp3) is 0.818. The maximum atomic E-state index is 12.0. The number of aliphatic carboxylic acids is 1. The molecule has 1 heterocycles. The Morgan fingerprint density at radius 2 is 2.29 bits per heavy atom. The van der Waals surface area contributed by atoms with Gasteiger partial charge in [-0.25, -0.2) is 0 Å². The first-order chi connectivity index (χ1) is 8.00. The van der Waals surface area contributed by atoms with Gasteiger partial charge in [-0.05, 0) is 19.8 Å². The van der Waals surface area contributed by atoms with Gasteiger partial charge in [0.2, 0.25) is 5.91 Å². The molecule has 0 radical (unpaired) electrons. The maximum absolute atomic E-state index is 12.0. The van der Waals surface area contributed by atoms with Crippen molar-refractivity contribution in [2.75, 3.05) is 19.7 Å². The molecule has 17 heavy (non-hydrogen) atoms. The molecule has 1 aliphatic rings. The lowest BCUT2D eigenvalue weighted by atomic mass is 10.1. The van der Waals surface area contributed by atoms with Gasteiger partial charge in [0.25, 0.3) is 0 Å². The van der Waals surface area contributed by atoms with Crippen LogP contribution < -0.4 is 5.73 Å². The summed E-state index contributed by atoms with van der Waals surface area (Å²) in [6.45, 7) is 3.72. The van der Waals surface area contributed by atoms with Gasteiger partial charge < -0.3 is 20.5 Å². The molecule has 0 aromatic rings. The van der Waals surface area contributed by atoms with Gasteiger partial charge in [-0.15, -0.1) is 0 Å². The van der Waals surface area contributed by atoms with Crippen LogP contribution in [0.15, 0.2) is 0 Å². The Kier molecular flexibility index (Phi) is 5.37. The van der Waals surface area contributed by atoms with E-state index in [2.05, 4.69) is 0 Å². The van der Waals surface area contributed by atoms with Crippen molar-refractivity contribution in [3.05, 3.63) is 0 Å². The fourth-order valence-corrected chi connectivity index (χ4v) is 1.83. The van der Waals surface area contributed by atoms with Crippen molar-refractivity contribution in [2.45, 2.75) is 38.3 Å². The minimum Gasteiger partial charge on any atom is -0.481 e. The van der Waals surface area contributed by atoms with Gasteiger partial charge >= 0.3 is 5.97 Å². The molecular weight excluding hydrogens is 224 g/mol. The van der Waals surface area contributed by atoms with Crippen molar-refractivity contribution in [2.24, 2.45) is 5.73 Å². The average Bonchev–Trinajstić information content (AvgIpc) is 2.49. The van der Waals surface area contributed by atoms with Crippen molar-refractivity contribution in [3.63, 3.8) is 0 Å². The van der Waals surface area contributed by atoms with Crippen molar-refractivity contribution >= 4 is 11.9 Å². The van der Waals surface area contributed by atoms with Crippen molar-refractivity contribution < 1.29 is 19.4 Å². The Morgan fingerprint density at radius 3 is 2.94 bits per heavy atom. The number of nitrogens with two attached hydrogens (primary N) is 1. The smallest absolute Gasteiger partial charge is 0.303 e. The first-order valence-electron chi connectivity index (χ1n) is 5.88. The fourth-order valence-electron chi connectivity index (χ4n) is 1.83. The zero-order chi connectivity index (χ0) is 12.8. The molecule has 0 aromatic heterocycles. The number of carbonyl (C=O) groups excluding carboxylic acids is 1. The summed E-state index contributed by atoms with van der Waals surface area (Å²) in [6, 6.07) is -0.726. The number of hydrogen-bond donors (Lipinski definition) is 2. The quantitative estimate of drug-likeness (QED) is 0.715. The van der Waals surface area contributed by atoms with Crippen LogP contribution >= 0.6 is 0 Å². The molecule has 6 nitrogen and oxygen atoms in total. The molecule has 2 atom stereocenters. The lowest BCUT2D eigenvalue weighted by molar-refractivity contribution is -0.137. The number of nitrogens with zero attached hydrogens (tertiary/aromatic N) is 1. The third-order valence-corrected chi connectivity index (χ3v) is 2.75. The molecule has 98 valence electrons. The summed E-state index contributed by atoms with van der Waals surface area (Å²) in [5, 5.41) is 8.54. The van der Waals surface area contributed by atoms with Crippen molar-refractivity contribution in [3.8, 4) is 0 Å². The second-order valence-corrected chi connectivity index (χ2v) is 4.36. The monoisotopic (exact) mass is 244 g/mol. The summed E-state index contributed by atoms with van der Waals surface area (Å²) in [5.41, 5.74) is 5.70. The van der Waals surface area contributed by atoms with E-state index in [1.807, 2.05) is 6.92 Å². The summed E-state index contributed by atoms with van der Waals surface area (Å²) >= 11 is 0. The standard InChI is InChI=1S/C11H20N2O4/c1-8-7-13(5-2-6-17-8)11(16)9(12)3-4-10(14)15/h8-9H,2-7,12H2,1H3,(H,14,15). The number of carboxylic acid groups (broad SMARTS) is 1. The number of carboxylic acids is 1. The highest BCUT2D eigenvalue weighted by Gasteiger charge is 2.24. The van der Waals surface area contributed by atoms with E-state index in [0.717, 1.165) is 6.42 Å². The third kappa shape index (κ3) is 4.70. The number of rotatable bonds is 4. The maximum Gasteiger partial charge on any atom is 0.303 e. The minimum absolute atomic E-state index is 0.00752. The Bertz CT molecular complexity index is 283. The predicted octanol–water partition coefficient (Wildman–Crippen LogP) is -0.184. The van der Waals surface area contributed by atoms with Crippen LogP contribution in [0.1, 0.15) is 26.2 Å². The second-order valence-electron chi connectivity index (χ2n) is 4.36. The Morgan fingerprint density at radius 1 is 1.59 bits per heavy atom. The molecule has 2 unspecified atom stereocenters. The van der Waals surface area contributed by atoms with Crippen LogP contribution in [0.2, 0.25) is 0 Å². The lowest BCUT2D eigenvalue weighted by Gasteiger charge is -2.25. The van der Waals surface area contributed by atoms with Crippen LogP contribution in [-0.2, 0) is 14.3 Å². The molecule has 1 fully saturated rings. The molecule has 0 spiro atoms. The molecule has 0 bridgehead atoms. The number of carbonyl (C=O) groups is 2. The number of ether oxygens (including phenoxy) is 1.